The molecule has 21 nitrogen and oxygen atoms in total. The van der Waals surface area contributed by atoms with E-state index in [0.29, 0.717) is 77.6 Å². The van der Waals surface area contributed by atoms with E-state index in [1.54, 1.807) is 48.2 Å². The van der Waals surface area contributed by atoms with Gasteiger partial charge in [-0.25, -0.2) is 14.2 Å². The SMILES string of the molecule is CCN(C(=O)CSCNC(=O)CNC(=O)[C@H](Cc1ccccc1)NC(=O)CNC(=O)CNC(=O)CCCCCN1C(=O)C=CC1=O)[C@H]1CCc2c(C)c(F)cc3nc4c(c1c23)Cn1c-4cc2c(c1=O)COC(=O)[C@H]2O. The molecular formula is C52H56FN9O12S. The second-order valence-electron chi connectivity index (χ2n) is 18.5. The predicted molar refractivity (Wildman–Crippen MR) is 269 cm³/mol. The molecule has 4 aliphatic rings. The van der Waals surface area contributed by atoms with Crippen LogP contribution < -0.4 is 32.1 Å². The Morgan fingerprint density at radius 3 is 2.33 bits per heavy atom. The van der Waals surface area contributed by atoms with Gasteiger partial charge in [-0.3, -0.25) is 48.1 Å². The van der Waals surface area contributed by atoms with Crippen LogP contribution in [0.3, 0.4) is 0 Å². The Morgan fingerprint density at radius 1 is 0.880 bits per heavy atom. The fourth-order valence-electron chi connectivity index (χ4n) is 9.86. The number of rotatable bonds is 22. The van der Waals surface area contributed by atoms with E-state index in [1.165, 1.54) is 22.8 Å². The van der Waals surface area contributed by atoms with Crippen LogP contribution in [0.2, 0.25) is 0 Å². The zero-order valence-electron chi connectivity index (χ0n) is 41.3. The first-order chi connectivity index (χ1) is 36.0. The Bertz CT molecular complexity index is 3070. The number of nitrogens with zero attached hydrogens (tertiary/aromatic N) is 4. The van der Waals surface area contributed by atoms with E-state index in [9.17, 15) is 53.1 Å². The maximum absolute atomic E-state index is 15.4. The lowest BCUT2D eigenvalue weighted by Gasteiger charge is -2.37. The van der Waals surface area contributed by atoms with Crippen LogP contribution in [-0.2, 0) is 73.9 Å². The smallest absolute Gasteiger partial charge is 0.340 e. The average Bonchev–Trinajstić information content (AvgIpc) is 3.97. The number of cyclic esters (lactones) is 1. The summed E-state index contributed by atoms with van der Waals surface area (Å²) in [7, 11) is 0. The largest absolute Gasteiger partial charge is 0.458 e. The zero-order chi connectivity index (χ0) is 53.5. The summed E-state index contributed by atoms with van der Waals surface area (Å²) in [6.45, 7) is 2.53. The molecule has 3 atom stereocenters. The normalized spacial score (nSPS) is 16.4. The minimum atomic E-state index is -1.66. The van der Waals surface area contributed by atoms with E-state index in [4.69, 9.17) is 9.72 Å². The average molecular weight is 1050 g/mol. The van der Waals surface area contributed by atoms with Crippen LogP contribution in [-0.4, -0.2) is 128 Å². The van der Waals surface area contributed by atoms with E-state index in [2.05, 4.69) is 26.6 Å². The minimum absolute atomic E-state index is 0.00740. The molecule has 0 fully saturated rings. The van der Waals surface area contributed by atoms with Gasteiger partial charge in [-0.2, -0.15) is 0 Å². The first-order valence-electron chi connectivity index (χ1n) is 24.6. The summed E-state index contributed by atoms with van der Waals surface area (Å²) in [6, 6.07) is 10.1. The van der Waals surface area contributed by atoms with Crippen molar-refractivity contribution < 1.29 is 57.4 Å². The standard InChI is InChI=1S/C52H56FN9O12S/c1-3-60(37-14-13-30-28(2)34(53)20-35-46(30)47(37)32-24-62-38(48(32)59-35)19-31-33(51(62)72)25-74-52(73)49(31)70)45(69)26-75-27-57-41(65)22-56-50(71)36(18-29-10-6-4-7-11-29)58-42(66)23-55-40(64)21-54-39(63)12-8-5-9-17-61-43(67)15-16-44(61)68/h4,6-7,10-11,15-16,19-20,36-37,49,70H,3,5,8-9,12-14,17-18,21-27H2,1-2H3,(H,54,63)(H,55,64)(H,56,71)(H,57,65)(H,58,66)/t36-,37-,49-/m0/s1. The lowest BCUT2D eigenvalue weighted by molar-refractivity contribution is -0.157. The number of aliphatic hydroxyl groups is 1. The molecule has 0 radical (unpaired) electrons. The van der Waals surface area contributed by atoms with Crippen LogP contribution in [0.15, 0.2) is 59.4 Å². The van der Waals surface area contributed by atoms with Crippen molar-refractivity contribution in [3.63, 3.8) is 0 Å². The first-order valence-corrected chi connectivity index (χ1v) is 25.8. The van der Waals surface area contributed by atoms with Crippen LogP contribution in [0.25, 0.3) is 22.3 Å². The Labute approximate surface area is 433 Å². The molecule has 0 saturated carbocycles. The van der Waals surface area contributed by atoms with Gasteiger partial charge in [0, 0.05) is 60.7 Å². The highest BCUT2D eigenvalue weighted by atomic mass is 32.2. The molecule has 394 valence electrons. The number of aryl methyl sites for hydroxylation is 1. The maximum Gasteiger partial charge on any atom is 0.340 e. The number of aromatic nitrogens is 2. The summed E-state index contributed by atoms with van der Waals surface area (Å²) in [6.07, 6.45) is 3.40. The van der Waals surface area contributed by atoms with Crippen molar-refractivity contribution in [1.29, 1.82) is 0 Å². The van der Waals surface area contributed by atoms with Crippen molar-refractivity contribution in [2.75, 3.05) is 44.4 Å². The number of fused-ring (bicyclic) bond motifs is 5. The van der Waals surface area contributed by atoms with Crippen LogP contribution >= 0.6 is 11.8 Å². The number of hydrogen-bond donors (Lipinski definition) is 6. The van der Waals surface area contributed by atoms with Gasteiger partial charge >= 0.3 is 5.97 Å². The minimum Gasteiger partial charge on any atom is -0.458 e. The number of pyridine rings is 2. The molecule has 8 amide bonds. The molecule has 0 spiro atoms. The van der Waals surface area contributed by atoms with Crippen LogP contribution in [0.1, 0.15) is 90.1 Å². The highest BCUT2D eigenvalue weighted by Crippen LogP contribution is 2.47. The summed E-state index contributed by atoms with van der Waals surface area (Å²) >= 11 is 1.14. The third-order valence-corrected chi connectivity index (χ3v) is 14.5. The molecule has 2 aromatic heterocycles. The highest BCUT2D eigenvalue weighted by Gasteiger charge is 2.39. The monoisotopic (exact) mass is 1050 g/mol. The number of amides is 8. The quantitative estimate of drug-likeness (QED) is 0.0246. The summed E-state index contributed by atoms with van der Waals surface area (Å²) in [4.78, 5) is 135. The Kier molecular flexibility index (Phi) is 16.8. The van der Waals surface area contributed by atoms with Gasteiger partial charge in [0.2, 0.25) is 35.4 Å². The molecule has 5 heterocycles. The van der Waals surface area contributed by atoms with E-state index < -0.39 is 84.7 Å². The summed E-state index contributed by atoms with van der Waals surface area (Å²) in [5.41, 5.74) is 4.30. The number of hydrogen-bond acceptors (Lipinski definition) is 14. The van der Waals surface area contributed by atoms with Gasteiger partial charge < -0.3 is 45.9 Å². The summed E-state index contributed by atoms with van der Waals surface area (Å²) in [5.74, 6) is -5.30. The van der Waals surface area contributed by atoms with E-state index >= 15 is 4.39 Å². The topological polar surface area (TPSA) is 285 Å². The van der Waals surface area contributed by atoms with Gasteiger partial charge in [-0.15, -0.1) is 11.8 Å². The van der Waals surface area contributed by atoms with Crippen LogP contribution in [0.5, 0.6) is 0 Å². The number of carbonyl (C=O) groups excluding carboxylic acids is 9. The molecule has 0 saturated heterocycles. The van der Waals surface area contributed by atoms with Gasteiger partial charge in [0.05, 0.1) is 66.3 Å². The first kappa shape index (κ1) is 53.5. The number of ether oxygens (including phenoxy) is 1. The molecule has 4 aromatic rings. The summed E-state index contributed by atoms with van der Waals surface area (Å²) < 4.78 is 22.0. The zero-order valence-corrected chi connectivity index (χ0v) is 42.1. The van der Waals surface area contributed by atoms with Crippen molar-refractivity contribution in [2.45, 2.75) is 90.1 Å². The fraction of sp³-hybridized carbons (Fsp3) is 0.404. The van der Waals surface area contributed by atoms with Gasteiger partial charge in [-0.1, -0.05) is 36.8 Å². The predicted octanol–water partition coefficient (Wildman–Crippen LogP) is 1.17. The molecule has 2 aromatic carbocycles. The van der Waals surface area contributed by atoms with Crippen LogP contribution in [0, 0.1) is 12.7 Å². The number of thioether (sulfide) groups is 1. The van der Waals surface area contributed by atoms with Gasteiger partial charge in [-0.05, 0) is 67.9 Å². The number of esters is 1. The molecule has 23 heteroatoms. The number of unbranched alkanes of at least 4 members (excludes halogenated alkanes) is 2. The Hall–Kier alpha value is -7.79. The third-order valence-electron chi connectivity index (χ3n) is 13.7. The fourth-order valence-corrected chi connectivity index (χ4v) is 10.6. The van der Waals surface area contributed by atoms with Crippen molar-refractivity contribution in [2.24, 2.45) is 0 Å². The molecular weight excluding hydrogens is 994 g/mol. The van der Waals surface area contributed by atoms with Crippen molar-refractivity contribution in [1.82, 2.24) is 45.9 Å². The second-order valence-corrected chi connectivity index (χ2v) is 19.4. The number of carbonyl (C=O) groups is 9. The molecule has 8 rings (SSSR count). The molecule has 1 aliphatic carbocycles. The van der Waals surface area contributed by atoms with Crippen molar-refractivity contribution in [3.05, 3.63) is 110 Å². The number of halogens is 1. The lowest BCUT2D eigenvalue weighted by atomic mass is 9.81. The van der Waals surface area contributed by atoms with Gasteiger partial charge in [0.25, 0.3) is 17.4 Å². The van der Waals surface area contributed by atoms with Crippen molar-refractivity contribution in [3.8, 4) is 11.4 Å². The number of aliphatic hydroxyl groups excluding tert-OH is 1. The van der Waals surface area contributed by atoms with Crippen LogP contribution in [0.4, 0.5) is 4.39 Å². The molecule has 0 unspecified atom stereocenters. The Balaban J connectivity index is 0.817. The van der Waals surface area contributed by atoms with Gasteiger partial charge in [0.15, 0.2) is 6.10 Å². The third kappa shape index (κ3) is 11.9. The van der Waals surface area contributed by atoms with Gasteiger partial charge in [0.1, 0.15) is 18.5 Å². The highest BCUT2D eigenvalue weighted by molar-refractivity contribution is 7.99. The maximum atomic E-state index is 15.4. The number of benzene rings is 2. The molecule has 3 aliphatic heterocycles. The number of imide groups is 1. The van der Waals surface area contributed by atoms with E-state index in [-0.39, 0.29) is 73.0 Å². The lowest BCUT2D eigenvalue weighted by Crippen LogP contribution is -2.52. The van der Waals surface area contributed by atoms with Crippen molar-refractivity contribution >= 4 is 75.9 Å². The second kappa shape index (κ2) is 23.6. The number of nitrogens with one attached hydrogen (secondary N) is 5. The van der Waals surface area contributed by atoms with E-state index in [1.807, 2.05) is 6.92 Å². The molecule has 6 N–H and O–H groups in total. The Morgan fingerprint density at radius 2 is 1.59 bits per heavy atom. The van der Waals surface area contributed by atoms with E-state index in [0.717, 1.165) is 27.8 Å². The molecule has 0 bridgehead atoms. The molecule has 75 heavy (non-hydrogen) atoms. The summed E-state index contributed by atoms with van der Waals surface area (Å²) in [5, 5.41) is 24.1.